The lowest BCUT2D eigenvalue weighted by atomic mass is 10.1. The molecule has 0 amide bonds. The van der Waals surface area contributed by atoms with Crippen molar-refractivity contribution >= 4 is 27.5 Å². The number of aromatic nitrogens is 1. The second kappa shape index (κ2) is 9.68. The van der Waals surface area contributed by atoms with E-state index in [9.17, 15) is 8.42 Å². The Morgan fingerprint density at radius 1 is 1.07 bits per heavy atom. The lowest BCUT2D eigenvalue weighted by molar-refractivity contribution is 0.397. The number of pyridine rings is 1. The summed E-state index contributed by atoms with van der Waals surface area (Å²) in [6.45, 7) is 0.209. The van der Waals surface area contributed by atoms with E-state index in [0.717, 1.165) is 5.56 Å². The second-order valence-corrected chi connectivity index (χ2v) is 8.74. The van der Waals surface area contributed by atoms with Crippen molar-refractivity contribution in [3.8, 4) is 0 Å². The van der Waals surface area contributed by atoms with Crippen LogP contribution in [0.5, 0.6) is 0 Å². The van der Waals surface area contributed by atoms with E-state index >= 15 is 0 Å². The maximum absolute atomic E-state index is 13.4. The van der Waals surface area contributed by atoms with Crippen LogP contribution in [0.3, 0.4) is 0 Å². The van der Waals surface area contributed by atoms with Crippen molar-refractivity contribution in [2.45, 2.75) is 18.0 Å². The van der Waals surface area contributed by atoms with Crippen molar-refractivity contribution in [1.29, 1.82) is 0 Å². The number of hydrogen-bond donors (Lipinski definition) is 3. The summed E-state index contributed by atoms with van der Waals surface area (Å²) in [5.41, 5.74) is 4.42. The van der Waals surface area contributed by atoms with Gasteiger partial charge in [0.1, 0.15) is 0 Å². The Bertz CT molecular complexity index is 1120. The number of sulfonamides is 1. The van der Waals surface area contributed by atoms with Crippen LogP contribution < -0.4 is 17.1 Å². The van der Waals surface area contributed by atoms with Crippen LogP contribution >= 0.6 is 11.6 Å². The molecule has 0 atom stereocenters. The first-order chi connectivity index (χ1) is 14.4. The summed E-state index contributed by atoms with van der Waals surface area (Å²) in [6.07, 6.45) is 1.62. The van der Waals surface area contributed by atoms with Gasteiger partial charge in [0, 0.05) is 23.3 Å². The minimum absolute atomic E-state index is 0.100. The highest BCUT2D eigenvalue weighted by atomic mass is 35.5. The second-order valence-electron chi connectivity index (χ2n) is 6.37. The number of nitrogens with zero attached hydrogens (tertiary/aromatic N) is 3. The van der Waals surface area contributed by atoms with Crippen LogP contribution in [0.25, 0.3) is 0 Å². The van der Waals surface area contributed by atoms with Gasteiger partial charge >= 0.3 is 0 Å². The fourth-order valence-electron chi connectivity index (χ4n) is 2.87. The Balaban J connectivity index is 1.98. The number of amidine groups is 1. The summed E-state index contributed by atoms with van der Waals surface area (Å²) in [7, 11) is -3.82. The molecule has 30 heavy (non-hydrogen) atoms. The molecule has 0 aliphatic rings. The number of hydrazone groups is 1. The number of halogens is 1. The van der Waals surface area contributed by atoms with Gasteiger partial charge in [0.2, 0.25) is 10.0 Å². The number of nitrogens with one attached hydrogen (secondary N) is 1. The average Bonchev–Trinajstić information content (AvgIpc) is 2.75. The molecule has 0 aliphatic heterocycles. The zero-order chi connectivity index (χ0) is 21.6. The van der Waals surface area contributed by atoms with E-state index < -0.39 is 10.0 Å². The van der Waals surface area contributed by atoms with E-state index in [4.69, 9.17) is 23.3 Å². The highest BCUT2D eigenvalue weighted by molar-refractivity contribution is 7.89. The van der Waals surface area contributed by atoms with Gasteiger partial charge in [-0.3, -0.25) is 4.98 Å². The predicted molar refractivity (Wildman–Crippen MR) is 117 cm³/mol. The van der Waals surface area contributed by atoms with Crippen LogP contribution in [0.1, 0.15) is 16.8 Å². The maximum atomic E-state index is 13.4. The molecule has 0 saturated heterocycles. The Morgan fingerprint density at radius 2 is 1.83 bits per heavy atom. The Kier molecular flexibility index (Phi) is 7.01. The van der Waals surface area contributed by atoms with Crippen molar-refractivity contribution in [1.82, 2.24) is 14.7 Å². The molecule has 3 rings (SSSR count). The predicted octanol–water partition coefficient (Wildman–Crippen LogP) is 2.21. The third kappa shape index (κ3) is 5.14. The molecule has 3 aromatic rings. The summed E-state index contributed by atoms with van der Waals surface area (Å²) in [5, 5.41) is 4.05. The topological polar surface area (TPSA) is 127 Å². The molecule has 156 valence electrons. The normalized spacial score (nSPS) is 12.2. The van der Waals surface area contributed by atoms with Crippen LogP contribution in [0.4, 0.5) is 0 Å². The monoisotopic (exact) mass is 444 g/mol. The molecule has 0 saturated carbocycles. The minimum Gasteiger partial charge on any atom is -0.321 e. The third-order valence-corrected chi connectivity index (χ3v) is 6.40. The quantitative estimate of drug-likeness (QED) is 0.222. The zero-order valence-electron chi connectivity index (χ0n) is 15.9. The van der Waals surface area contributed by atoms with E-state index in [1.165, 1.54) is 16.4 Å². The summed E-state index contributed by atoms with van der Waals surface area (Å²) in [4.78, 5) is 4.41. The first-order valence-corrected chi connectivity index (χ1v) is 10.8. The van der Waals surface area contributed by atoms with Crippen molar-refractivity contribution < 1.29 is 8.42 Å². The van der Waals surface area contributed by atoms with E-state index in [2.05, 4.69) is 15.5 Å². The van der Waals surface area contributed by atoms with Gasteiger partial charge in [-0.15, -0.1) is 0 Å². The summed E-state index contributed by atoms with van der Waals surface area (Å²) in [5.74, 6) is 11.1. The maximum Gasteiger partial charge on any atom is 0.243 e. The van der Waals surface area contributed by atoms with Gasteiger partial charge in [0.15, 0.2) is 5.84 Å². The molecule has 0 bridgehead atoms. The average molecular weight is 445 g/mol. The summed E-state index contributed by atoms with van der Waals surface area (Å²) < 4.78 is 28.1. The third-order valence-electron chi connectivity index (χ3n) is 4.34. The number of rotatable bonds is 7. The zero-order valence-corrected chi connectivity index (χ0v) is 17.5. The van der Waals surface area contributed by atoms with Gasteiger partial charge in [-0.25, -0.2) is 14.3 Å². The van der Waals surface area contributed by atoms with Crippen molar-refractivity contribution in [3.05, 3.63) is 94.8 Å². The van der Waals surface area contributed by atoms with Crippen LogP contribution in [0.2, 0.25) is 5.02 Å². The van der Waals surface area contributed by atoms with Crippen molar-refractivity contribution in [3.63, 3.8) is 0 Å². The molecule has 0 radical (unpaired) electrons. The molecular weight excluding hydrogens is 424 g/mol. The summed E-state index contributed by atoms with van der Waals surface area (Å²) >= 11 is 5.92. The minimum atomic E-state index is -3.82. The number of nitrogens with two attached hydrogens (primary N) is 2. The van der Waals surface area contributed by atoms with Crippen molar-refractivity contribution in [2.75, 3.05) is 0 Å². The fraction of sp³-hybridized carbons (Fsp3) is 0.100. The lowest BCUT2D eigenvalue weighted by Crippen LogP contribution is -2.32. The molecule has 8 nitrogen and oxygen atoms in total. The molecule has 2 aromatic carbocycles. The SMILES string of the molecule is N/N=C(\NN)c1cccc(CN(Cc2ccccn2)S(=O)(=O)c2ccc(Cl)cc2)c1. The number of hydrogen-bond acceptors (Lipinski definition) is 6. The van der Waals surface area contributed by atoms with Gasteiger partial charge in [0.05, 0.1) is 17.1 Å². The summed E-state index contributed by atoms with van der Waals surface area (Å²) in [6, 6.07) is 18.6. The molecule has 0 unspecified atom stereocenters. The molecule has 1 aromatic heterocycles. The van der Waals surface area contributed by atoms with Gasteiger partial charge in [-0.2, -0.15) is 9.41 Å². The standard InChI is InChI=1S/C20H21ClN6O2S/c21-17-7-9-19(10-8-17)30(28,29)27(14-18-6-1-2-11-24-18)13-15-4-3-5-16(12-15)20(25-22)26-23/h1-12H,13-14,22-23H2,(H,25,26). The Labute approximate surface area is 180 Å². The Hall–Kier alpha value is -2.98. The molecular formula is C20H21ClN6O2S. The van der Waals surface area contributed by atoms with E-state index in [1.807, 2.05) is 12.1 Å². The smallest absolute Gasteiger partial charge is 0.243 e. The molecule has 0 spiro atoms. The van der Waals surface area contributed by atoms with Gasteiger partial charge in [-0.05, 0) is 48.0 Å². The number of benzene rings is 2. The van der Waals surface area contributed by atoms with Crippen LogP contribution in [-0.2, 0) is 23.1 Å². The van der Waals surface area contributed by atoms with Crippen LogP contribution in [0, 0.1) is 0 Å². The lowest BCUT2D eigenvalue weighted by Gasteiger charge is -2.22. The molecule has 10 heteroatoms. The van der Waals surface area contributed by atoms with Crippen LogP contribution in [0.15, 0.2) is 82.9 Å². The van der Waals surface area contributed by atoms with Gasteiger partial charge < -0.3 is 11.3 Å². The highest BCUT2D eigenvalue weighted by Crippen LogP contribution is 2.22. The highest BCUT2D eigenvalue weighted by Gasteiger charge is 2.25. The molecule has 0 aliphatic carbocycles. The van der Waals surface area contributed by atoms with Gasteiger partial charge in [0.25, 0.3) is 0 Å². The van der Waals surface area contributed by atoms with Crippen molar-refractivity contribution in [2.24, 2.45) is 16.8 Å². The largest absolute Gasteiger partial charge is 0.321 e. The van der Waals surface area contributed by atoms with E-state index in [0.29, 0.717) is 16.3 Å². The first-order valence-electron chi connectivity index (χ1n) is 8.93. The first kappa shape index (κ1) is 21.7. The fourth-order valence-corrected chi connectivity index (χ4v) is 4.40. The number of hydrazine groups is 1. The van der Waals surface area contributed by atoms with Crippen LogP contribution in [-0.4, -0.2) is 23.5 Å². The Morgan fingerprint density at radius 3 is 2.47 bits per heavy atom. The molecule has 0 fully saturated rings. The van der Waals surface area contributed by atoms with E-state index in [-0.39, 0.29) is 23.8 Å². The molecule has 1 heterocycles. The molecule has 5 N–H and O–H groups in total. The van der Waals surface area contributed by atoms with Gasteiger partial charge in [-0.1, -0.05) is 35.9 Å². The van der Waals surface area contributed by atoms with E-state index in [1.54, 1.807) is 48.7 Å².